The van der Waals surface area contributed by atoms with E-state index in [4.69, 9.17) is 4.74 Å². The van der Waals surface area contributed by atoms with Crippen LogP contribution in [0.2, 0.25) is 0 Å². The molecular weight excluding hydrogens is 466 g/mol. The van der Waals surface area contributed by atoms with E-state index in [1.54, 1.807) is 4.90 Å². The van der Waals surface area contributed by atoms with Crippen molar-refractivity contribution in [1.82, 2.24) is 9.80 Å². The number of hydrogen-bond donors (Lipinski definition) is 1. The number of fused-ring (bicyclic) bond motifs is 1. The zero-order valence-electron chi connectivity index (χ0n) is 22.4. The minimum atomic E-state index is -0.219. The van der Waals surface area contributed by atoms with Crippen LogP contribution < -0.4 is 15.1 Å². The molecular formula is C29H39N5O3. The summed E-state index contributed by atoms with van der Waals surface area (Å²) in [6.07, 6.45) is 1.83. The van der Waals surface area contributed by atoms with E-state index in [1.165, 1.54) is 0 Å². The highest BCUT2D eigenvalue weighted by Gasteiger charge is 2.38. The maximum absolute atomic E-state index is 13.0. The van der Waals surface area contributed by atoms with E-state index in [2.05, 4.69) is 35.0 Å². The summed E-state index contributed by atoms with van der Waals surface area (Å²) in [4.78, 5) is 34.4. The predicted molar refractivity (Wildman–Crippen MR) is 148 cm³/mol. The quantitative estimate of drug-likeness (QED) is 0.664. The molecule has 2 amide bonds. The molecule has 0 saturated carbocycles. The van der Waals surface area contributed by atoms with Crippen LogP contribution in [0.5, 0.6) is 0 Å². The molecule has 2 fully saturated rings. The third kappa shape index (κ3) is 5.18. The molecule has 0 aliphatic carbocycles. The normalized spacial score (nSPS) is 21.4. The van der Waals surface area contributed by atoms with Crippen LogP contribution in [0.1, 0.15) is 44.0 Å². The van der Waals surface area contributed by atoms with Crippen molar-refractivity contribution in [2.75, 3.05) is 61.6 Å². The number of benzene rings is 2. The molecule has 37 heavy (non-hydrogen) atoms. The smallest absolute Gasteiger partial charge is 0.253 e. The summed E-state index contributed by atoms with van der Waals surface area (Å²) in [6, 6.07) is 14.5. The number of amides is 2. The van der Waals surface area contributed by atoms with E-state index in [0.29, 0.717) is 11.6 Å². The summed E-state index contributed by atoms with van der Waals surface area (Å²) < 4.78 is 5.58. The van der Waals surface area contributed by atoms with Gasteiger partial charge >= 0.3 is 0 Å². The Balaban J connectivity index is 1.31. The van der Waals surface area contributed by atoms with E-state index in [-0.39, 0.29) is 23.9 Å². The Hall–Kier alpha value is -3.10. The fourth-order valence-corrected chi connectivity index (χ4v) is 5.78. The second-order valence-corrected chi connectivity index (χ2v) is 10.7. The number of carbonyl (C=O) groups is 2. The molecule has 1 atom stereocenters. The highest BCUT2D eigenvalue weighted by atomic mass is 16.5. The highest BCUT2D eigenvalue weighted by molar-refractivity contribution is 6.05. The third-order valence-corrected chi connectivity index (χ3v) is 8.06. The van der Waals surface area contributed by atoms with Gasteiger partial charge in [0.2, 0.25) is 5.91 Å². The lowest BCUT2D eigenvalue weighted by atomic mass is 9.99. The first kappa shape index (κ1) is 25.5. The number of rotatable bonds is 5. The van der Waals surface area contributed by atoms with Gasteiger partial charge in [-0.25, -0.2) is 0 Å². The monoisotopic (exact) mass is 505 g/mol. The molecule has 8 heteroatoms. The first-order valence-corrected chi connectivity index (χ1v) is 13.5. The Morgan fingerprint density at radius 1 is 0.946 bits per heavy atom. The predicted octanol–water partition coefficient (Wildman–Crippen LogP) is 3.95. The van der Waals surface area contributed by atoms with Gasteiger partial charge in [-0.05, 0) is 76.1 Å². The molecule has 5 rings (SSSR count). The van der Waals surface area contributed by atoms with Gasteiger partial charge in [-0.15, -0.1) is 0 Å². The highest BCUT2D eigenvalue weighted by Crippen LogP contribution is 2.40. The molecule has 0 radical (unpaired) electrons. The van der Waals surface area contributed by atoms with Crippen molar-refractivity contribution >= 4 is 34.6 Å². The summed E-state index contributed by atoms with van der Waals surface area (Å²) in [5, 5.41) is 3.50. The van der Waals surface area contributed by atoms with Crippen LogP contribution >= 0.6 is 0 Å². The van der Waals surface area contributed by atoms with Crippen molar-refractivity contribution in [3.63, 3.8) is 0 Å². The summed E-state index contributed by atoms with van der Waals surface area (Å²) in [5.41, 5.74) is 4.59. The molecule has 3 heterocycles. The Morgan fingerprint density at radius 3 is 2.24 bits per heavy atom. The minimum absolute atomic E-state index is 0.0949. The van der Waals surface area contributed by atoms with E-state index in [1.807, 2.05) is 55.3 Å². The molecule has 2 aromatic carbocycles. The summed E-state index contributed by atoms with van der Waals surface area (Å²) in [6.45, 7) is 11.2. The second-order valence-electron chi connectivity index (χ2n) is 10.7. The van der Waals surface area contributed by atoms with Crippen LogP contribution in [0.15, 0.2) is 42.5 Å². The molecule has 3 aliphatic rings. The van der Waals surface area contributed by atoms with Gasteiger partial charge in [-0.1, -0.05) is 0 Å². The van der Waals surface area contributed by atoms with Gasteiger partial charge < -0.3 is 24.8 Å². The van der Waals surface area contributed by atoms with Crippen molar-refractivity contribution in [2.24, 2.45) is 0 Å². The van der Waals surface area contributed by atoms with Crippen molar-refractivity contribution < 1.29 is 14.3 Å². The van der Waals surface area contributed by atoms with Gasteiger partial charge in [0, 0.05) is 75.5 Å². The Labute approximate surface area is 220 Å². The number of hydrogen-bond acceptors (Lipinski definition) is 6. The van der Waals surface area contributed by atoms with Crippen molar-refractivity contribution in [1.29, 1.82) is 0 Å². The Kier molecular flexibility index (Phi) is 7.40. The van der Waals surface area contributed by atoms with Gasteiger partial charge in [0.25, 0.3) is 5.91 Å². The van der Waals surface area contributed by atoms with Gasteiger partial charge in [-0.3, -0.25) is 14.5 Å². The number of nitrogens with one attached hydrogen (secondary N) is 1. The van der Waals surface area contributed by atoms with E-state index >= 15 is 0 Å². The zero-order chi connectivity index (χ0) is 26.1. The maximum atomic E-state index is 13.0. The molecule has 1 N–H and O–H groups in total. The van der Waals surface area contributed by atoms with Gasteiger partial charge in [0.15, 0.2) is 0 Å². The number of anilines is 4. The molecule has 0 spiro atoms. The van der Waals surface area contributed by atoms with E-state index < -0.39 is 0 Å². The van der Waals surface area contributed by atoms with E-state index in [9.17, 15) is 9.59 Å². The molecule has 0 bridgehead atoms. The fraction of sp³-hybridized carbons (Fsp3) is 0.517. The number of ether oxygens (including phenoxy) is 1. The topological polar surface area (TPSA) is 68.4 Å². The molecule has 2 saturated heterocycles. The molecule has 0 aromatic heterocycles. The number of carbonyl (C=O) groups excluding carboxylic acids is 2. The van der Waals surface area contributed by atoms with Crippen LogP contribution in [0.4, 0.5) is 22.7 Å². The van der Waals surface area contributed by atoms with Gasteiger partial charge in [0.1, 0.15) is 6.04 Å². The van der Waals surface area contributed by atoms with Crippen LogP contribution in [-0.2, 0) is 9.53 Å². The molecule has 2 aromatic rings. The van der Waals surface area contributed by atoms with E-state index in [0.717, 1.165) is 75.0 Å². The van der Waals surface area contributed by atoms with Crippen LogP contribution in [0, 0.1) is 0 Å². The second kappa shape index (κ2) is 10.7. The zero-order valence-corrected chi connectivity index (χ0v) is 22.4. The van der Waals surface area contributed by atoms with Gasteiger partial charge in [0.05, 0.1) is 11.4 Å². The fourth-order valence-electron chi connectivity index (χ4n) is 5.78. The average molecular weight is 506 g/mol. The van der Waals surface area contributed by atoms with Crippen LogP contribution in [0.3, 0.4) is 0 Å². The van der Waals surface area contributed by atoms with Crippen molar-refractivity contribution in [3.05, 3.63) is 48.0 Å². The lowest BCUT2D eigenvalue weighted by Gasteiger charge is -2.45. The van der Waals surface area contributed by atoms with Crippen LogP contribution in [0.25, 0.3) is 0 Å². The number of piperazine rings is 1. The first-order chi connectivity index (χ1) is 17.8. The van der Waals surface area contributed by atoms with Gasteiger partial charge in [-0.2, -0.15) is 0 Å². The first-order valence-electron chi connectivity index (χ1n) is 13.5. The Morgan fingerprint density at radius 2 is 1.59 bits per heavy atom. The number of likely N-dealkylation sites (N-methyl/N-ethyl adjacent to an activating group) is 1. The standard InChI is InChI=1S/C29H39N5O3/c1-20(2)32-13-15-33(16-14-32)29(36)22-5-7-23(8-6-22)30-24-9-10-26-27(19-24)34(21(3)28(35)31(26)4)25-11-17-37-18-12-25/h5-10,19-21,25,30H,11-18H2,1-4H3/t21-/m1/s1. The summed E-state index contributed by atoms with van der Waals surface area (Å²) in [5.74, 6) is 0.211. The van der Waals surface area contributed by atoms with Crippen molar-refractivity contribution in [2.45, 2.75) is 51.7 Å². The van der Waals surface area contributed by atoms with Crippen molar-refractivity contribution in [3.8, 4) is 0 Å². The largest absolute Gasteiger partial charge is 0.381 e. The molecule has 198 valence electrons. The molecule has 0 unspecified atom stereocenters. The lowest BCUT2D eigenvalue weighted by molar-refractivity contribution is -0.119. The summed E-state index contributed by atoms with van der Waals surface area (Å²) in [7, 11) is 1.85. The summed E-state index contributed by atoms with van der Waals surface area (Å²) >= 11 is 0. The van der Waals surface area contributed by atoms with Crippen LogP contribution in [-0.4, -0.2) is 86.2 Å². The molecule has 8 nitrogen and oxygen atoms in total. The molecule has 3 aliphatic heterocycles. The maximum Gasteiger partial charge on any atom is 0.253 e. The SMILES string of the molecule is CC(C)N1CCN(C(=O)c2ccc(Nc3ccc4c(c3)N(C3CCOCC3)[C@H](C)C(=O)N4C)cc2)CC1. The third-order valence-electron chi connectivity index (χ3n) is 8.06. The average Bonchev–Trinajstić information content (AvgIpc) is 2.92. The number of nitrogens with zero attached hydrogens (tertiary/aromatic N) is 4. The minimum Gasteiger partial charge on any atom is -0.381 e. The Bertz CT molecular complexity index is 1120. The lowest BCUT2D eigenvalue weighted by Crippen LogP contribution is -2.55.